The first-order valence-electron chi connectivity index (χ1n) is 9.11. The van der Waals surface area contributed by atoms with Crippen molar-refractivity contribution in [3.63, 3.8) is 0 Å². The fourth-order valence-electron chi connectivity index (χ4n) is 3.14. The summed E-state index contributed by atoms with van der Waals surface area (Å²) < 4.78 is 15.1. The Morgan fingerprint density at radius 2 is 1.48 bits per heavy atom. The highest BCUT2D eigenvalue weighted by molar-refractivity contribution is 6.00. The van der Waals surface area contributed by atoms with Crippen molar-refractivity contribution >= 4 is 17.5 Å². The van der Waals surface area contributed by atoms with E-state index in [2.05, 4.69) is 10.9 Å². The van der Waals surface area contributed by atoms with E-state index in [0.29, 0.717) is 16.8 Å². The van der Waals surface area contributed by atoms with Gasteiger partial charge in [-0.3, -0.25) is 20.4 Å². The Balaban J connectivity index is 1.72. The summed E-state index contributed by atoms with van der Waals surface area (Å²) in [5.74, 6) is -1.16. The number of hydrazine groups is 1. The third-order valence-electron chi connectivity index (χ3n) is 4.70. The monoisotopic (exact) mass is 394 g/mol. The first kappa shape index (κ1) is 20.1. The SMILES string of the molecule is Cc1cc(C(=O)NNC(=O)c2ccc(N(C)C)cc2)c(C)n1-c1ccc(F)cc1. The van der Waals surface area contributed by atoms with Crippen molar-refractivity contribution in [3.05, 3.63) is 82.9 Å². The second-order valence-corrected chi connectivity index (χ2v) is 6.95. The van der Waals surface area contributed by atoms with Gasteiger partial charge in [-0.2, -0.15) is 0 Å². The minimum atomic E-state index is -0.426. The van der Waals surface area contributed by atoms with Crippen LogP contribution in [0.4, 0.5) is 10.1 Å². The zero-order valence-corrected chi connectivity index (χ0v) is 16.8. The van der Waals surface area contributed by atoms with Gasteiger partial charge in [-0.25, -0.2) is 4.39 Å². The van der Waals surface area contributed by atoms with Crippen LogP contribution in [0.5, 0.6) is 0 Å². The van der Waals surface area contributed by atoms with E-state index in [1.165, 1.54) is 12.1 Å². The highest BCUT2D eigenvalue weighted by Crippen LogP contribution is 2.21. The number of carbonyl (C=O) groups is 2. The Bertz CT molecular complexity index is 1040. The molecule has 0 atom stereocenters. The van der Waals surface area contributed by atoms with Gasteiger partial charge in [0.25, 0.3) is 11.8 Å². The van der Waals surface area contributed by atoms with Crippen LogP contribution >= 0.6 is 0 Å². The topological polar surface area (TPSA) is 66.4 Å². The van der Waals surface area contributed by atoms with Gasteiger partial charge < -0.3 is 9.47 Å². The second-order valence-electron chi connectivity index (χ2n) is 6.95. The van der Waals surface area contributed by atoms with E-state index in [-0.39, 0.29) is 5.82 Å². The van der Waals surface area contributed by atoms with Crippen molar-refractivity contribution in [1.29, 1.82) is 0 Å². The maximum Gasteiger partial charge on any atom is 0.271 e. The van der Waals surface area contributed by atoms with Gasteiger partial charge in [-0.05, 0) is 68.4 Å². The van der Waals surface area contributed by atoms with Crippen molar-refractivity contribution in [1.82, 2.24) is 15.4 Å². The summed E-state index contributed by atoms with van der Waals surface area (Å²) in [4.78, 5) is 26.8. The molecule has 0 bridgehead atoms. The number of carbonyl (C=O) groups excluding carboxylic acids is 2. The highest BCUT2D eigenvalue weighted by atomic mass is 19.1. The van der Waals surface area contributed by atoms with E-state index in [4.69, 9.17) is 0 Å². The molecule has 0 saturated carbocycles. The normalized spacial score (nSPS) is 10.5. The maximum atomic E-state index is 13.2. The van der Waals surface area contributed by atoms with Crippen molar-refractivity contribution in [2.24, 2.45) is 0 Å². The Morgan fingerprint density at radius 3 is 2.07 bits per heavy atom. The standard InChI is InChI=1S/C22H23FN4O2/c1-14-13-20(15(2)27(14)19-11-7-17(23)8-12-19)22(29)25-24-21(28)16-5-9-18(10-6-16)26(3)4/h5-13H,1-4H3,(H,24,28)(H,25,29). The van der Waals surface area contributed by atoms with Gasteiger partial charge in [-0.1, -0.05) is 0 Å². The summed E-state index contributed by atoms with van der Waals surface area (Å²) in [7, 11) is 3.83. The Kier molecular flexibility index (Phi) is 5.68. The van der Waals surface area contributed by atoms with Crippen molar-refractivity contribution in [2.75, 3.05) is 19.0 Å². The van der Waals surface area contributed by atoms with Crippen LogP contribution in [0.15, 0.2) is 54.6 Å². The van der Waals surface area contributed by atoms with Gasteiger partial charge in [0.15, 0.2) is 0 Å². The third-order valence-corrected chi connectivity index (χ3v) is 4.70. The third kappa shape index (κ3) is 4.29. The minimum absolute atomic E-state index is 0.324. The van der Waals surface area contributed by atoms with Crippen LogP contribution in [-0.2, 0) is 0 Å². The molecule has 2 aromatic carbocycles. The fraction of sp³-hybridized carbons (Fsp3) is 0.182. The largest absolute Gasteiger partial charge is 0.378 e. The smallest absolute Gasteiger partial charge is 0.271 e. The molecule has 6 nitrogen and oxygen atoms in total. The average molecular weight is 394 g/mol. The summed E-state index contributed by atoms with van der Waals surface area (Å²) >= 11 is 0. The van der Waals surface area contributed by atoms with Crippen molar-refractivity contribution in [3.8, 4) is 5.69 Å². The first-order chi connectivity index (χ1) is 13.8. The number of aromatic nitrogens is 1. The minimum Gasteiger partial charge on any atom is -0.378 e. The summed E-state index contributed by atoms with van der Waals surface area (Å²) in [5, 5.41) is 0. The van der Waals surface area contributed by atoms with Gasteiger partial charge in [-0.15, -0.1) is 0 Å². The summed E-state index contributed by atoms with van der Waals surface area (Å²) in [5.41, 5.74) is 9.00. The molecule has 0 aliphatic heterocycles. The van der Waals surface area contributed by atoms with Crippen LogP contribution in [0.25, 0.3) is 5.69 Å². The number of nitrogens with zero attached hydrogens (tertiary/aromatic N) is 2. The van der Waals surface area contributed by atoms with Crippen LogP contribution in [0.2, 0.25) is 0 Å². The summed E-state index contributed by atoms with van der Waals surface area (Å²) in [6.07, 6.45) is 0. The molecule has 29 heavy (non-hydrogen) atoms. The number of halogens is 1. The lowest BCUT2D eigenvalue weighted by Gasteiger charge is -2.13. The zero-order chi connectivity index (χ0) is 21.1. The number of hydrogen-bond donors (Lipinski definition) is 2. The van der Waals surface area contributed by atoms with Crippen molar-refractivity contribution < 1.29 is 14.0 Å². The van der Waals surface area contributed by atoms with Gasteiger partial charge >= 0.3 is 0 Å². The van der Waals surface area contributed by atoms with E-state index in [1.54, 1.807) is 37.3 Å². The quantitative estimate of drug-likeness (QED) is 0.667. The lowest BCUT2D eigenvalue weighted by atomic mass is 10.2. The number of hydrogen-bond acceptors (Lipinski definition) is 3. The molecule has 0 saturated heterocycles. The molecule has 0 aliphatic carbocycles. The average Bonchev–Trinajstić information content (AvgIpc) is 3.01. The van der Waals surface area contributed by atoms with Crippen LogP contribution in [0, 0.1) is 19.7 Å². The van der Waals surface area contributed by atoms with Gasteiger partial charge in [0.2, 0.25) is 0 Å². The molecule has 0 fully saturated rings. The van der Waals surface area contributed by atoms with E-state index >= 15 is 0 Å². The molecule has 1 heterocycles. The van der Waals surface area contributed by atoms with Crippen molar-refractivity contribution in [2.45, 2.75) is 13.8 Å². The molecule has 3 aromatic rings. The number of benzene rings is 2. The van der Waals surface area contributed by atoms with E-state index in [9.17, 15) is 14.0 Å². The Morgan fingerprint density at radius 1 is 0.897 bits per heavy atom. The molecule has 2 amide bonds. The number of aryl methyl sites for hydroxylation is 1. The molecule has 1 aromatic heterocycles. The summed E-state index contributed by atoms with van der Waals surface area (Å²) in [6, 6.07) is 14.8. The van der Waals surface area contributed by atoms with Crippen LogP contribution in [0.3, 0.4) is 0 Å². The molecule has 0 radical (unpaired) electrons. The molecule has 2 N–H and O–H groups in total. The Labute approximate surface area is 168 Å². The lowest BCUT2D eigenvalue weighted by Crippen LogP contribution is -2.41. The van der Waals surface area contributed by atoms with E-state index in [0.717, 1.165) is 17.1 Å². The lowest BCUT2D eigenvalue weighted by molar-refractivity contribution is 0.0846. The molecule has 0 aliphatic rings. The summed E-state index contributed by atoms with van der Waals surface area (Å²) in [6.45, 7) is 3.66. The van der Waals surface area contributed by atoms with Gasteiger partial charge in [0, 0.05) is 42.4 Å². The highest BCUT2D eigenvalue weighted by Gasteiger charge is 2.17. The molecule has 7 heteroatoms. The van der Waals surface area contributed by atoms with Crippen LogP contribution < -0.4 is 15.8 Å². The first-order valence-corrected chi connectivity index (χ1v) is 9.11. The predicted octanol–water partition coefficient (Wildman–Crippen LogP) is 3.37. The van der Waals surface area contributed by atoms with Crippen LogP contribution in [-0.4, -0.2) is 30.5 Å². The number of anilines is 1. The molecule has 3 rings (SSSR count). The van der Waals surface area contributed by atoms with E-state index in [1.807, 2.05) is 42.6 Å². The zero-order valence-electron chi connectivity index (χ0n) is 16.8. The molecular weight excluding hydrogens is 371 g/mol. The van der Waals surface area contributed by atoms with E-state index < -0.39 is 11.8 Å². The van der Waals surface area contributed by atoms with Gasteiger partial charge in [0.05, 0.1) is 5.56 Å². The molecule has 0 unspecified atom stereocenters. The number of nitrogens with one attached hydrogen (secondary N) is 2. The fourth-order valence-corrected chi connectivity index (χ4v) is 3.14. The molecule has 150 valence electrons. The number of amides is 2. The maximum absolute atomic E-state index is 13.2. The number of rotatable bonds is 4. The molecular formula is C22H23FN4O2. The second kappa shape index (κ2) is 8.18. The van der Waals surface area contributed by atoms with Gasteiger partial charge in [0.1, 0.15) is 5.82 Å². The van der Waals surface area contributed by atoms with Crippen LogP contribution in [0.1, 0.15) is 32.1 Å². The predicted molar refractivity (Wildman–Crippen MR) is 111 cm³/mol. The Hall–Kier alpha value is -3.61. The molecule has 0 spiro atoms.